The van der Waals surface area contributed by atoms with E-state index in [1.807, 2.05) is 0 Å². The molecule has 0 fully saturated rings. The SMILES string of the molecule is CC(C)(C)c1cc[n+]2c(c1)-c1cc3c4cc(C(C)(C)C)cc5c6cc7c(cc6n(c3cc1CC1C(C/C=C/2)c2ccccc2-c2cccc[n+]21)c45)oc1ccccc17. The summed E-state index contributed by atoms with van der Waals surface area (Å²) in [5, 5.41) is 7.53. The molecule has 10 aromatic rings. The highest BCUT2D eigenvalue weighted by Gasteiger charge is 2.41. The highest BCUT2D eigenvalue weighted by molar-refractivity contribution is 6.26. The summed E-state index contributed by atoms with van der Waals surface area (Å²) < 4.78 is 14.1. The number of benzene rings is 5. The van der Waals surface area contributed by atoms with E-state index >= 15 is 0 Å². The van der Waals surface area contributed by atoms with Gasteiger partial charge >= 0.3 is 0 Å². The van der Waals surface area contributed by atoms with E-state index in [2.05, 4.69) is 195 Å². The molecule has 2 aliphatic heterocycles. The van der Waals surface area contributed by atoms with Gasteiger partial charge in [-0.05, 0) is 94.1 Å². The van der Waals surface area contributed by atoms with Crippen molar-refractivity contribution in [2.45, 2.75) is 77.2 Å². The van der Waals surface area contributed by atoms with Gasteiger partial charge in [-0.1, -0.05) is 77.9 Å². The van der Waals surface area contributed by atoms with E-state index in [9.17, 15) is 0 Å². The zero-order valence-corrected chi connectivity index (χ0v) is 34.1. The predicted octanol–water partition coefficient (Wildman–Crippen LogP) is 13.0. The zero-order chi connectivity index (χ0) is 39.2. The van der Waals surface area contributed by atoms with Gasteiger partial charge < -0.3 is 8.82 Å². The van der Waals surface area contributed by atoms with Crippen molar-refractivity contribution in [1.82, 2.24) is 4.40 Å². The van der Waals surface area contributed by atoms with Crippen LogP contribution in [0.5, 0.6) is 0 Å². The molecule has 4 heteroatoms. The van der Waals surface area contributed by atoms with Crippen LogP contribution in [-0.4, -0.2) is 4.40 Å². The summed E-state index contributed by atoms with van der Waals surface area (Å²) in [4.78, 5) is 0. The van der Waals surface area contributed by atoms with Crippen LogP contribution in [-0.2, 0) is 17.3 Å². The van der Waals surface area contributed by atoms with Gasteiger partial charge in [0.05, 0.1) is 28.0 Å². The van der Waals surface area contributed by atoms with Crippen molar-refractivity contribution in [1.29, 1.82) is 0 Å². The molecule has 7 heterocycles. The van der Waals surface area contributed by atoms with Crippen molar-refractivity contribution in [3.05, 3.63) is 156 Å². The van der Waals surface area contributed by atoms with Gasteiger partial charge in [-0.15, -0.1) is 0 Å². The molecule has 0 radical (unpaired) electrons. The first-order valence-corrected chi connectivity index (χ1v) is 20.9. The normalized spacial score (nSPS) is 17.5. The van der Waals surface area contributed by atoms with Gasteiger partial charge in [-0.25, -0.2) is 0 Å². The van der Waals surface area contributed by atoms with Crippen LogP contribution in [0, 0.1) is 0 Å². The molecule has 2 unspecified atom stereocenters. The maximum Gasteiger partial charge on any atom is 0.218 e. The Hall–Kier alpha value is -6.26. The van der Waals surface area contributed by atoms with Gasteiger partial charge in [0.2, 0.25) is 11.4 Å². The Labute approximate surface area is 338 Å². The number of allylic oxidation sites excluding steroid dienone is 1. The first-order valence-electron chi connectivity index (χ1n) is 20.9. The largest absolute Gasteiger partial charge is 0.456 e. The predicted molar refractivity (Wildman–Crippen MR) is 239 cm³/mol. The summed E-state index contributed by atoms with van der Waals surface area (Å²) >= 11 is 0. The van der Waals surface area contributed by atoms with E-state index in [4.69, 9.17) is 4.42 Å². The molecule has 0 N–H and O–H groups in total. The molecule has 58 heavy (non-hydrogen) atoms. The molecule has 0 saturated carbocycles. The minimum atomic E-state index is -0.0279. The van der Waals surface area contributed by atoms with Crippen molar-refractivity contribution in [2.75, 3.05) is 0 Å². The molecule has 2 atom stereocenters. The van der Waals surface area contributed by atoms with Crippen molar-refractivity contribution in [3.63, 3.8) is 0 Å². The van der Waals surface area contributed by atoms with Crippen molar-refractivity contribution in [3.8, 4) is 22.5 Å². The molecule has 4 nitrogen and oxygen atoms in total. The summed E-state index contributed by atoms with van der Waals surface area (Å²) in [6, 6.07) is 44.0. The van der Waals surface area contributed by atoms with Gasteiger partial charge in [0.15, 0.2) is 24.6 Å². The molecule has 0 bridgehead atoms. The zero-order valence-electron chi connectivity index (χ0n) is 34.1. The van der Waals surface area contributed by atoms with Crippen LogP contribution in [0.3, 0.4) is 0 Å². The number of para-hydroxylation sites is 1. The van der Waals surface area contributed by atoms with E-state index < -0.39 is 0 Å². The lowest BCUT2D eigenvalue weighted by atomic mass is 9.77. The third-order valence-corrected chi connectivity index (χ3v) is 13.5. The lowest BCUT2D eigenvalue weighted by Crippen LogP contribution is -2.48. The fraction of sp³-hybridized carbons (Fsp3) is 0.222. The van der Waals surface area contributed by atoms with E-state index in [0.29, 0.717) is 5.92 Å². The Morgan fingerprint density at radius 3 is 2.16 bits per heavy atom. The van der Waals surface area contributed by atoms with Gasteiger partial charge in [0.25, 0.3) is 0 Å². The van der Waals surface area contributed by atoms with Gasteiger partial charge in [-0.3, -0.25) is 0 Å². The van der Waals surface area contributed by atoms with Gasteiger partial charge in [0.1, 0.15) is 11.2 Å². The molecule has 0 saturated heterocycles. The fourth-order valence-electron chi connectivity index (χ4n) is 10.5. The number of hydrogen-bond donors (Lipinski definition) is 0. The minimum absolute atomic E-state index is 0.00489. The topological polar surface area (TPSA) is 25.3 Å². The molecule has 2 aliphatic rings. The van der Waals surface area contributed by atoms with Crippen molar-refractivity contribution < 1.29 is 13.6 Å². The second-order valence-electron chi connectivity index (χ2n) is 19.0. The van der Waals surface area contributed by atoms with Crippen molar-refractivity contribution >= 4 is 66.2 Å². The number of rotatable bonds is 0. The monoisotopic (exact) mass is 753 g/mol. The van der Waals surface area contributed by atoms with E-state index in [1.165, 1.54) is 93.6 Å². The Morgan fingerprint density at radius 2 is 1.33 bits per heavy atom. The van der Waals surface area contributed by atoms with Crippen LogP contribution in [0.4, 0.5) is 0 Å². The average Bonchev–Trinajstić information content (AvgIpc) is 3.85. The number of fused-ring (bicyclic) bond motifs is 18. The molecule has 12 rings (SSSR count). The Balaban J connectivity index is 1.21. The maximum absolute atomic E-state index is 6.56. The molecule has 0 aliphatic carbocycles. The standard InChI is InChI=1S/C54H47N3O/c1-53(2,3)33-20-23-55-21-13-17-37-35-14-7-8-15-36(35)45-18-11-12-22-56(45)47(37)24-32-25-48-40(29-39(32)46(55)28-33)43-26-34(54(4,5)6)27-44-41-30-42-38-16-9-10-19-50(38)58-51(42)31-49(41)57(48)52(43)44/h7-16,18-23,25-31,37,47H,17,24H2,1-6H3/q+2/b21-13+. The number of furan rings is 1. The third-order valence-electron chi connectivity index (χ3n) is 13.5. The summed E-state index contributed by atoms with van der Waals surface area (Å²) in [6.07, 6.45) is 11.2. The highest BCUT2D eigenvalue weighted by Crippen LogP contribution is 2.47. The van der Waals surface area contributed by atoms with E-state index in [0.717, 1.165) is 24.0 Å². The minimum Gasteiger partial charge on any atom is -0.456 e. The Morgan fingerprint density at radius 1 is 0.586 bits per heavy atom. The number of nitrogens with zero attached hydrogens (tertiary/aromatic N) is 3. The number of pyridine rings is 2. The van der Waals surface area contributed by atoms with Crippen LogP contribution in [0.15, 0.2) is 138 Å². The average molecular weight is 754 g/mol. The molecule has 5 aromatic heterocycles. The van der Waals surface area contributed by atoms with Crippen LogP contribution in [0.1, 0.15) is 82.2 Å². The number of aromatic nitrogens is 3. The first kappa shape index (κ1) is 33.8. The van der Waals surface area contributed by atoms with Crippen LogP contribution < -0.4 is 9.13 Å². The lowest BCUT2D eigenvalue weighted by Gasteiger charge is -2.30. The Kier molecular flexibility index (Phi) is 6.81. The lowest BCUT2D eigenvalue weighted by molar-refractivity contribution is -0.718. The van der Waals surface area contributed by atoms with E-state index in [-0.39, 0.29) is 16.9 Å². The van der Waals surface area contributed by atoms with Gasteiger partial charge in [-0.2, -0.15) is 9.13 Å². The first-order chi connectivity index (χ1) is 28.0. The summed E-state index contributed by atoms with van der Waals surface area (Å²) in [6.45, 7) is 14.0. The van der Waals surface area contributed by atoms with Gasteiger partial charge in [0, 0.05) is 74.6 Å². The second-order valence-corrected chi connectivity index (χ2v) is 19.0. The molecular weight excluding hydrogens is 707 g/mol. The smallest absolute Gasteiger partial charge is 0.218 e. The molecule has 0 spiro atoms. The quantitative estimate of drug-likeness (QED) is 0.142. The van der Waals surface area contributed by atoms with Crippen LogP contribution >= 0.6 is 0 Å². The molecule has 282 valence electrons. The van der Waals surface area contributed by atoms with Crippen LogP contribution in [0.25, 0.3) is 88.7 Å². The molecule has 5 aromatic carbocycles. The molecule has 0 amide bonds. The summed E-state index contributed by atoms with van der Waals surface area (Å²) in [7, 11) is 0. The van der Waals surface area contributed by atoms with Crippen molar-refractivity contribution in [2.24, 2.45) is 0 Å². The summed E-state index contributed by atoms with van der Waals surface area (Å²) in [5.41, 5.74) is 16.3. The number of hydrogen-bond acceptors (Lipinski definition) is 1. The van der Waals surface area contributed by atoms with E-state index in [1.54, 1.807) is 0 Å². The maximum atomic E-state index is 6.56. The summed E-state index contributed by atoms with van der Waals surface area (Å²) in [5.74, 6) is 0.316. The second kappa shape index (κ2) is 11.7. The fourth-order valence-corrected chi connectivity index (χ4v) is 10.5. The molecular formula is C54H47N3O+2. The highest BCUT2D eigenvalue weighted by atomic mass is 16.3. The van der Waals surface area contributed by atoms with Crippen LogP contribution in [0.2, 0.25) is 0 Å². The Bertz CT molecular complexity index is 3380. The third kappa shape index (κ3) is 4.75.